The van der Waals surface area contributed by atoms with Crippen molar-refractivity contribution in [2.45, 2.75) is 0 Å². The van der Waals surface area contributed by atoms with Crippen molar-refractivity contribution < 1.29 is 18.8 Å². The maximum Gasteiger partial charge on any atom is 0.276 e. The summed E-state index contributed by atoms with van der Waals surface area (Å²) in [5.41, 5.74) is 4.09. The first-order valence-corrected chi connectivity index (χ1v) is 10.5. The van der Waals surface area contributed by atoms with E-state index in [2.05, 4.69) is 26.1 Å². The van der Waals surface area contributed by atoms with Crippen LogP contribution in [0.1, 0.15) is 10.4 Å². The zero-order chi connectivity index (χ0) is 23.2. The maximum absolute atomic E-state index is 14.7. The first-order chi connectivity index (χ1) is 16.0. The molecule has 4 rings (SSSR count). The van der Waals surface area contributed by atoms with Crippen LogP contribution in [-0.4, -0.2) is 49.3 Å². The SMILES string of the molecule is CONC(=O)c1ccccc1Nc1nc(Nc2ccc(N3CCOCC3)c(F)c2)ncc1Cl. The minimum Gasteiger partial charge on any atom is -0.378 e. The Bertz CT molecular complexity index is 1140. The van der Waals surface area contributed by atoms with E-state index < -0.39 is 5.91 Å². The number of aromatic nitrogens is 2. The molecule has 0 radical (unpaired) electrons. The van der Waals surface area contributed by atoms with Crippen LogP contribution >= 0.6 is 11.6 Å². The molecule has 2 heterocycles. The summed E-state index contributed by atoms with van der Waals surface area (Å²) in [7, 11) is 1.35. The van der Waals surface area contributed by atoms with Crippen LogP contribution in [0.5, 0.6) is 0 Å². The minimum atomic E-state index is -0.431. The van der Waals surface area contributed by atoms with Gasteiger partial charge in [-0.1, -0.05) is 23.7 Å². The topological polar surface area (TPSA) is 101 Å². The first-order valence-electron chi connectivity index (χ1n) is 10.2. The van der Waals surface area contributed by atoms with Gasteiger partial charge in [0.15, 0.2) is 5.82 Å². The lowest BCUT2D eigenvalue weighted by molar-refractivity contribution is 0.0538. The lowest BCUT2D eigenvalue weighted by Gasteiger charge is -2.29. The fraction of sp³-hybridized carbons (Fsp3) is 0.227. The molecular weight excluding hydrogens is 451 g/mol. The number of carbonyl (C=O) groups is 1. The summed E-state index contributed by atoms with van der Waals surface area (Å²) < 4.78 is 20.0. The highest BCUT2D eigenvalue weighted by atomic mass is 35.5. The van der Waals surface area contributed by atoms with Gasteiger partial charge in [-0.3, -0.25) is 9.63 Å². The van der Waals surface area contributed by atoms with Crippen molar-refractivity contribution in [2.24, 2.45) is 0 Å². The molecule has 1 amide bonds. The van der Waals surface area contributed by atoms with E-state index in [0.29, 0.717) is 48.9 Å². The molecule has 0 spiro atoms. The van der Waals surface area contributed by atoms with Crippen molar-refractivity contribution in [3.8, 4) is 0 Å². The summed E-state index contributed by atoms with van der Waals surface area (Å²) in [5.74, 6) is -0.302. The smallest absolute Gasteiger partial charge is 0.276 e. The number of nitrogens with one attached hydrogen (secondary N) is 3. The van der Waals surface area contributed by atoms with Crippen molar-refractivity contribution in [1.82, 2.24) is 15.4 Å². The fourth-order valence-electron chi connectivity index (χ4n) is 3.35. The molecular formula is C22H22ClFN6O3. The van der Waals surface area contributed by atoms with Gasteiger partial charge in [0, 0.05) is 18.8 Å². The lowest BCUT2D eigenvalue weighted by atomic mass is 10.1. The zero-order valence-electron chi connectivity index (χ0n) is 17.8. The van der Waals surface area contributed by atoms with Crippen molar-refractivity contribution in [1.29, 1.82) is 0 Å². The molecule has 9 nitrogen and oxygen atoms in total. The molecule has 2 aromatic carbocycles. The number of anilines is 5. The normalized spacial score (nSPS) is 13.5. The summed E-state index contributed by atoms with van der Waals surface area (Å²) in [6.07, 6.45) is 1.41. The minimum absolute atomic E-state index is 0.208. The predicted molar refractivity (Wildman–Crippen MR) is 124 cm³/mol. The molecule has 0 unspecified atom stereocenters. The average molecular weight is 473 g/mol. The van der Waals surface area contributed by atoms with Crippen molar-refractivity contribution in [3.05, 3.63) is 65.1 Å². The number of hydroxylamine groups is 1. The summed E-state index contributed by atoms with van der Waals surface area (Å²) in [6, 6.07) is 11.7. The Kier molecular flexibility index (Phi) is 7.18. The van der Waals surface area contributed by atoms with E-state index >= 15 is 0 Å². The zero-order valence-corrected chi connectivity index (χ0v) is 18.5. The van der Waals surface area contributed by atoms with Gasteiger partial charge in [-0.25, -0.2) is 14.9 Å². The molecule has 3 aromatic rings. The van der Waals surface area contributed by atoms with E-state index in [1.807, 2.05) is 4.90 Å². The highest BCUT2D eigenvalue weighted by Gasteiger charge is 2.16. The molecule has 0 bridgehead atoms. The van der Waals surface area contributed by atoms with Crippen molar-refractivity contribution >= 4 is 46.3 Å². The standard InChI is InChI=1S/C22H22ClFN6O3/c1-32-29-21(31)15-4-2-3-5-18(15)27-20-16(23)13-25-22(28-20)26-14-6-7-19(17(24)12-14)30-8-10-33-11-9-30/h2-7,12-13H,8-11H2,1H3,(H,29,31)(H2,25,26,27,28). The second-order valence-electron chi connectivity index (χ2n) is 7.09. The fourth-order valence-corrected chi connectivity index (χ4v) is 3.49. The van der Waals surface area contributed by atoms with Gasteiger partial charge >= 0.3 is 0 Å². The van der Waals surface area contributed by atoms with Gasteiger partial charge < -0.3 is 20.3 Å². The number of carbonyl (C=O) groups excluding carboxylic acids is 1. The van der Waals surface area contributed by atoms with Gasteiger partial charge in [0.2, 0.25) is 5.95 Å². The lowest BCUT2D eigenvalue weighted by Crippen LogP contribution is -2.36. The van der Waals surface area contributed by atoms with Crippen LogP contribution in [0.2, 0.25) is 5.02 Å². The van der Waals surface area contributed by atoms with Crippen LogP contribution in [0.15, 0.2) is 48.7 Å². The van der Waals surface area contributed by atoms with Crippen molar-refractivity contribution in [2.75, 3.05) is 48.9 Å². The quantitative estimate of drug-likeness (QED) is 0.445. The van der Waals surface area contributed by atoms with Crippen LogP contribution in [0.4, 0.5) is 33.2 Å². The third kappa shape index (κ3) is 5.48. The molecule has 0 saturated carbocycles. The molecule has 33 heavy (non-hydrogen) atoms. The molecule has 1 aliphatic rings. The summed E-state index contributed by atoms with van der Waals surface area (Å²) in [5, 5.41) is 6.27. The Morgan fingerprint density at radius 2 is 1.97 bits per heavy atom. The molecule has 172 valence electrons. The van der Waals surface area contributed by atoms with Gasteiger partial charge in [-0.2, -0.15) is 4.98 Å². The number of rotatable bonds is 7. The molecule has 1 aliphatic heterocycles. The molecule has 11 heteroatoms. The van der Waals surface area contributed by atoms with Gasteiger partial charge in [0.1, 0.15) is 10.8 Å². The first kappa shape index (κ1) is 22.7. The monoisotopic (exact) mass is 472 g/mol. The molecule has 1 fully saturated rings. The highest BCUT2D eigenvalue weighted by Crippen LogP contribution is 2.28. The molecule has 1 aromatic heterocycles. The van der Waals surface area contributed by atoms with E-state index in [0.717, 1.165) is 0 Å². The predicted octanol–water partition coefficient (Wildman–Crippen LogP) is 3.88. The van der Waals surface area contributed by atoms with Gasteiger partial charge in [0.25, 0.3) is 5.91 Å². The van der Waals surface area contributed by atoms with Crippen LogP contribution in [0.25, 0.3) is 0 Å². The Morgan fingerprint density at radius 1 is 1.18 bits per heavy atom. The number of hydrogen-bond acceptors (Lipinski definition) is 8. The summed E-state index contributed by atoms with van der Waals surface area (Å²) in [4.78, 5) is 27.4. The van der Waals surface area contributed by atoms with Gasteiger partial charge in [-0.05, 0) is 30.3 Å². The number of hydrogen-bond donors (Lipinski definition) is 3. The van der Waals surface area contributed by atoms with E-state index in [9.17, 15) is 9.18 Å². The number of nitrogens with zero attached hydrogens (tertiary/aromatic N) is 3. The van der Waals surface area contributed by atoms with Gasteiger partial charge in [0.05, 0.1) is 43.5 Å². The van der Waals surface area contributed by atoms with Crippen LogP contribution < -0.4 is 21.0 Å². The Morgan fingerprint density at radius 3 is 2.73 bits per heavy atom. The van der Waals surface area contributed by atoms with E-state index in [1.54, 1.807) is 36.4 Å². The maximum atomic E-state index is 14.7. The Labute approximate surface area is 194 Å². The largest absolute Gasteiger partial charge is 0.378 e. The third-order valence-electron chi connectivity index (χ3n) is 4.92. The van der Waals surface area contributed by atoms with Crippen LogP contribution in [-0.2, 0) is 9.57 Å². The van der Waals surface area contributed by atoms with E-state index in [-0.39, 0.29) is 22.6 Å². The number of ether oxygens (including phenoxy) is 1. The second-order valence-corrected chi connectivity index (χ2v) is 7.49. The van der Waals surface area contributed by atoms with E-state index in [4.69, 9.17) is 21.2 Å². The average Bonchev–Trinajstić information content (AvgIpc) is 2.82. The van der Waals surface area contributed by atoms with Gasteiger partial charge in [-0.15, -0.1) is 0 Å². The summed E-state index contributed by atoms with van der Waals surface area (Å²) >= 11 is 6.26. The molecule has 3 N–H and O–H groups in total. The van der Waals surface area contributed by atoms with E-state index in [1.165, 1.54) is 19.4 Å². The second kappa shape index (κ2) is 10.4. The van der Waals surface area contributed by atoms with Crippen molar-refractivity contribution in [3.63, 3.8) is 0 Å². The number of halogens is 2. The van der Waals surface area contributed by atoms with Crippen LogP contribution in [0.3, 0.4) is 0 Å². The number of morpholine rings is 1. The highest BCUT2D eigenvalue weighted by molar-refractivity contribution is 6.33. The Hall–Kier alpha value is -3.47. The third-order valence-corrected chi connectivity index (χ3v) is 5.20. The number of benzene rings is 2. The summed E-state index contributed by atoms with van der Waals surface area (Å²) in [6.45, 7) is 2.43. The Balaban J connectivity index is 1.53. The molecule has 0 atom stereocenters. The number of amides is 1. The number of para-hydroxylation sites is 1. The van der Waals surface area contributed by atoms with Crippen LogP contribution in [0, 0.1) is 5.82 Å². The molecule has 0 aliphatic carbocycles. The molecule has 1 saturated heterocycles.